The van der Waals surface area contributed by atoms with Gasteiger partial charge in [-0.3, -0.25) is 4.90 Å². The summed E-state index contributed by atoms with van der Waals surface area (Å²) >= 11 is 0. The smallest absolute Gasteiger partial charge is 0.146 e. The molecule has 1 aliphatic rings. The maximum atomic E-state index is 6.21. The Hall–Kier alpha value is -2.88. The molecule has 0 saturated carbocycles. The summed E-state index contributed by atoms with van der Waals surface area (Å²) in [6.45, 7) is 7.80. The number of hydrogen-bond donors (Lipinski definition) is 0. The van der Waals surface area contributed by atoms with Crippen LogP contribution in [0.15, 0.2) is 103 Å². The van der Waals surface area contributed by atoms with Crippen LogP contribution in [-0.4, -0.2) is 84.4 Å². The summed E-state index contributed by atoms with van der Waals surface area (Å²) in [6, 6.07) is 32.7. The van der Waals surface area contributed by atoms with Crippen LogP contribution in [-0.2, 0) is 34.0 Å². The van der Waals surface area contributed by atoms with Crippen LogP contribution >= 0.6 is 0 Å². The molecule has 0 saturated heterocycles. The highest BCUT2D eigenvalue weighted by Gasteiger charge is 2.41. The van der Waals surface area contributed by atoms with Crippen LogP contribution in [0.3, 0.4) is 0 Å². The zero-order valence-corrected chi connectivity index (χ0v) is 41.6. The van der Waals surface area contributed by atoms with Gasteiger partial charge in [0.05, 0.1) is 32.0 Å². The first-order valence-corrected chi connectivity index (χ1v) is 27.0. The predicted octanol–water partition coefficient (Wildman–Crippen LogP) is 15.0. The quantitative estimate of drug-likeness (QED) is 0.191. The van der Waals surface area contributed by atoms with Gasteiger partial charge in [0.1, 0.15) is 13.6 Å². The summed E-state index contributed by atoms with van der Waals surface area (Å²) in [5.74, 6) is 0. The van der Waals surface area contributed by atoms with Gasteiger partial charge in [0, 0.05) is 39.5 Å². The molecule has 0 fully saturated rings. The maximum Gasteiger partial charge on any atom is 0.146 e. The normalized spacial score (nSPS) is 20.7. The van der Waals surface area contributed by atoms with E-state index in [0.29, 0.717) is 53.1 Å². The van der Waals surface area contributed by atoms with Crippen LogP contribution in [0.25, 0.3) is 0 Å². The molecule has 0 radical (unpaired) electrons. The van der Waals surface area contributed by atoms with Gasteiger partial charge in [-0.1, -0.05) is 244 Å². The molecule has 0 spiro atoms. The monoisotopic (exact) mass is 912 g/mol. The Labute approximate surface area is 403 Å². The van der Waals surface area contributed by atoms with Crippen LogP contribution in [0.5, 0.6) is 0 Å². The molecule has 0 unspecified atom stereocenters. The molecule has 0 aliphatic carbocycles. The van der Waals surface area contributed by atoms with Gasteiger partial charge in [0.2, 0.25) is 0 Å². The Morgan fingerprint density at radius 2 is 0.515 bits per heavy atom. The number of benzene rings is 3. The summed E-state index contributed by atoms with van der Waals surface area (Å²) < 4.78 is 36.0. The average molecular weight is 912 g/mol. The van der Waals surface area contributed by atoms with E-state index in [4.69, 9.17) is 28.4 Å². The molecule has 3 aromatic rings. The molecule has 0 aromatic heterocycles. The highest BCUT2D eigenvalue weighted by molar-refractivity contribution is 5.49. The van der Waals surface area contributed by atoms with Gasteiger partial charge in [-0.2, -0.15) is 0 Å². The van der Waals surface area contributed by atoms with Crippen molar-refractivity contribution in [3.8, 4) is 0 Å². The minimum absolute atomic E-state index is 0.314. The van der Waals surface area contributed by atoms with E-state index >= 15 is 0 Å². The van der Waals surface area contributed by atoms with Crippen LogP contribution in [0.1, 0.15) is 184 Å². The molecule has 66 heavy (non-hydrogen) atoms. The van der Waals surface area contributed by atoms with Crippen molar-refractivity contribution in [3.05, 3.63) is 120 Å². The van der Waals surface area contributed by atoms with Gasteiger partial charge in [0.15, 0.2) is 0 Å². The fourth-order valence-electron chi connectivity index (χ4n) is 9.38. The molecule has 3 aromatic carbocycles. The minimum atomic E-state index is -0.550. The zero-order chi connectivity index (χ0) is 45.9. The van der Waals surface area contributed by atoms with E-state index in [-0.39, 0.29) is 0 Å². The lowest BCUT2D eigenvalue weighted by Crippen LogP contribution is -2.50. The van der Waals surface area contributed by atoms with Crippen molar-refractivity contribution >= 4 is 0 Å². The van der Waals surface area contributed by atoms with Crippen molar-refractivity contribution in [2.45, 2.75) is 172 Å². The maximum absolute atomic E-state index is 6.21. The largest absolute Gasteiger partial charge is 0.377 e. The Bertz CT molecular complexity index is 1360. The summed E-state index contributed by atoms with van der Waals surface area (Å²) in [5, 5.41) is 0. The number of rotatable bonds is 4. The Kier molecular flexibility index (Phi) is 33.8. The molecular weight excluding hydrogens is 819 g/mol. The molecule has 370 valence electrons. The molecule has 4 rings (SSSR count). The van der Waals surface area contributed by atoms with Crippen LogP contribution in [0.4, 0.5) is 0 Å². The molecule has 0 atom stereocenters. The van der Waals surface area contributed by atoms with Crippen molar-refractivity contribution in [2.24, 2.45) is 0 Å². The van der Waals surface area contributed by atoms with Gasteiger partial charge >= 0.3 is 0 Å². The van der Waals surface area contributed by atoms with E-state index in [1.54, 1.807) is 0 Å². The summed E-state index contributed by atoms with van der Waals surface area (Å²) in [6.07, 6.45) is 38.1. The second-order valence-electron chi connectivity index (χ2n) is 18.5. The van der Waals surface area contributed by atoms with Gasteiger partial charge in [-0.15, -0.1) is 0 Å². The van der Waals surface area contributed by atoms with E-state index in [1.165, 1.54) is 171 Å². The Morgan fingerprint density at radius 1 is 0.273 bits per heavy atom. The van der Waals surface area contributed by atoms with Crippen molar-refractivity contribution < 1.29 is 28.4 Å². The number of nitrogens with zero attached hydrogens (tertiary/aromatic N) is 1. The SMILES string of the molecule is C1=CCOCCCCCCCCCCCCCCCOCOCCN(C(c2ccccc2)(c2ccccc2)c2ccccc2)CCOCOCCCCCCCCCCCCCCCOC1. The van der Waals surface area contributed by atoms with Gasteiger partial charge in [-0.25, -0.2) is 0 Å². The van der Waals surface area contributed by atoms with Crippen molar-refractivity contribution in [1.82, 2.24) is 4.90 Å². The zero-order valence-electron chi connectivity index (χ0n) is 41.6. The average Bonchev–Trinajstić information content (AvgIpc) is 3.35. The van der Waals surface area contributed by atoms with E-state index in [0.717, 1.165) is 39.3 Å². The van der Waals surface area contributed by atoms with E-state index in [9.17, 15) is 0 Å². The summed E-state index contributed by atoms with van der Waals surface area (Å²) in [5.41, 5.74) is 3.10. The first-order valence-electron chi connectivity index (χ1n) is 27.0. The van der Waals surface area contributed by atoms with Crippen molar-refractivity contribution in [1.29, 1.82) is 0 Å². The first-order chi connectivity index (χ1) is 32.9. The molecule has 0 amide bonds. The fourth-order valence-corrected chi connectivity index (χ4v) is 9.38. The molecule has 7 heteroatoms. The Balaban J connectivity index is 1.22. The summed E-state index contributed by atoms with van der Waals surface area (Å²) in [4.78, 5) is 2.53. The first kappa shape index (κ1) is 55.7. The lowest BCUT2D eigenvalue weighted by molar-refractivity contribution is -0.0754. The second kappa shape index (κ2) is 40.0. The lowest BCUT2D eigenvalue weighted by atomic mass is 9.75. The van der Waals surface area contributed by atoms with Crippen LogP contribution in [0.2, 0.25) is 0 Å². The van der Waals surface area contributed by atoms with Crippen LogP contribution < -0.4 is 0 Å². The van der Waals surface area contributed by atoms with Crippen LogP contribution in [0, 0.1) is 0 Å². The molecule has 0 bridgehead atoms. The van der Waals surface area contributed by atoms with E-state index in [1.807, 2.05) is 0 Å². The number of ether oxygens (including phenoxy) is 6. The van der Waals surface area contributed by atoms with Crippen molar-refractivity contribution in [3.63, 3.8) is 0 Å². The third kappa shape index (κ3) is 24.9. The molecule has 7 nitrogen and oxygen atoms in total. The van der Waals surface area contributed by atoms with Gasteiger partial charge in [0.25, 0.3) is 0 Å². The molecule has 1 aliphatic heterocycles. The molecule has 0 N–H and O–H groups in total. The van der Waals surface area contributed by atoms with E-state index < -0.39 is 5.54 Å². The minimum Gasteiger partial charge on any atom is -0.377 e. The highest BCUT2D eigenvalue weighted by atomic mass is 16.7. The third-order valence-corrected chi connectivity index (χ3v) is 13.1. The topological polar surface area (TPSA) is 58.6 Å². The number of hydrogen-bond acceptors (Lipinski definition) is 7. The molecule has 1 heterocycles. The second-order valence-corrected chi connectivity index (χ2v) is 18.5. The van der Waals surface area contributed by atoms with E-state index in [2.05, 4.69) is 108 Å². The fraction of sp³-hybridized carbons (Fsp3) is 0.661. The van der Waals surface area contributed by atoms with Gasteiger partial charge in [-0.05, 0) is 42.4 Å². The van der Waals surface area contributed by atoms with Crippen molar-refractivity contribution in [2.75, 3.05) is 79.5 Å². The molecular formula is C59H93NO6. The van der Waals surface area contributed by atoms with Gasteiger partial charge < -0.3 is 28.4 Å². The summed E-state index contributed by atoms with van der Waals surface area (Å²) in [7, 11) is 0. The Morgan fingerprint density at radius 3 is 0.803 bits per heavy atom. The standard InChI is InChI=1S/C59H93NO6/c1-3-7-11-15-19-32-46-61-48-36-37-49-62-47-33-20-16-12-8-4-2-6-10-14-18-22-35-51-64-55-66-53-45-60(44-52-65-54-63-50-34-21-17-13-9-5-1)59(56-38-26-23-27-39-56,57-40-28-24-29-41-57)58-42-30-25-31-43-58/h23-31,36-43H,1-22,32-35,44-55H2. The predicted molar refractivity (Wildman–Crippen MR) is 275 cm³/mol. The third-order valence-electron chi connectivity index (χ3n) is 13.1. The lowest BCUT2D eigenvalue weighted by Gasteiger charge is -2.45. The highest BCUT2D eigenvalue weighted by Crippen LogP contribution is 2.42.